The van der Waals surface area contributed by atoms with Crippen LogP contribution in [0.15, 0.2) is 21.4 Å². The minimum atomic E-state index is -0.469. The van der Waals surface area contributed by atoms with Crippen LogP contribution in [0.2, 0.25) is 5.02 Å². The maximum atomic E-state index is 12.3. The van der Waals surface area contributed by atoms with Gasteiger partial charge in [-0.2, -0.15) is 0 Å². The number of amides is 1. The molecule has 3 rings (SSSR count). The van der Waals surface area contributed by atoms with Crippen LogP contribution >= 0.6 is 23.4 Å². The van der Waals surface area contributed by atoms with Gasteiger partial charge in [-0.3, -0.25) is 0 Å². The van der Waals surface area contributed by atoms with Crippen molar-refractivity contribution < 1.29 is 13.9 Å². The molecule has 0 aliphatic carbocycles. The van der Waals surface area contributed by atoms with E-state index >= 15 is 0 Å². The van der Waals surface area contributed by atoms with Crippen molar-refractivity contribution in [3.8, 4) is 0 Å². The highest BCUT2D eigenvalue weighted by Crippen LogP contribution is 2.41. The van der Waals surface area contributed by atoms with Crippen LogP contribution in [-0.4, -0.2) is 39.9 Å². The Kier molecular flexibility index (Phi) is 8.14. The lowest BCUT2D eigenvalue weighted by molar-refractivity contribution is 0.0219. The number of rotatable bonds is 2. The first-order valence-electron chi connectivity index (χ1n) is 10.7. The van der Waals surface area contributed by atoms with Crippen LogP contribution in [0.4, 0.5) is 4.79 Å². The van der Waals surface area contributed by atoms with Crippen molar-refractivity contribution in [2.24, 2.45) is 0 Å². The molecule has 1 aliphatic heterocycles. The molecule has 1 aliphatic rings. The quantitative estimate of drug-likeness (QED) is 0.476. The monoisotopic (exact) mass is 454 g/mol. The Hall–Kier alpha value is -1.40. The Bertz CT molecular complexity index is 860. The Morgan fingerprint density at radius 1 is 1.17 bits per heavy atom. The largest absolute Gasteiger partial charge is 0.444 e. The first kappa shape index (κ1) is 24.9. The minimum Gasteiger partial charge on any atom is -0.444 e. The molecule has 0 spiro atoms. The summed E-state index contributed by atoms with van der Waals surface area (Å²) in [5, 5.41) is 1.05. The molecule has 1 aromatic carbocycles. The third-order valence-electron chi connectivity index (χ3n) is 4.48. The van der Waals surface area contributed by atoms with Gasteiger partial charge in [-0.25, -0.2) is 9.78 Å². The topological polar surface area (TPSA) is 55.6 Å². The molecule has 2 aromatic rings. The van der Waals surface area contributed by atoms with Crippen LogP contribution in [0.25, 0.3) is 11.1 Å². The molecule has 0 radical (unpaired) electrons. The fourth-order valence-electron chi connectivity index (χ4n) is 3.02. The molecular formula is C23H35ClN2O3S. The van der Waals surface area contributed by atoms with E-state index in [-0.39, 0.29) is 11.5 Å². The molecule has 5 nitrogen and oxygen atoms in total. The normalized spacial score (nSPS) is 15.7. The van der Waals surface area contributed by atoms with Gasteiger partial charge < -0.3 is 14.1 Å². The Balaban J connectivity index is 0.00000155. The van der Waals surface area contributed by atoms with Gasteiger partial charge in [0, 0.05) is 23.8 Å². The number of nitrogens with zero attached hydrogens (tertiary/aromatic N) is 2. The smallest absolute Gasteiger partial charge is 0.410 e. The van der Waals surface area contributed by atoms with Gasteiger partial charge in [0.1, 0.15) is 11.1 Å². The number of thioether (sulfide) groups is 1. The Labute approximate surface area is 189 Å². The van der Waals surface area contributed by atoms with Gasteiger partial charge in [0.15, 0.2) is 5.58 Å². The molecule has 1 aromatic heterocycles. The molecule has 7 heteroatoms. The number of hydrogen-bond donors (Lipinski definition) is 0. The number of piperidine rings is 1. The fraction of sp³-hybridized carbons (Fsp3) is 0.652. The van der Waals surface area contributed by atoms with Crippen molar-refractivity contribution in [2.75, 3.05) is 13.1 Å². The van der Waals surface area contributed by atoms with Crippen LogP contribution in [0.5, 0.6) is 0 Å². The third-order valence-corrected chi connectivity index (χ3v) is 6.36. The molecule has 1 fully saturated rings. The van der Waals surface area contributed by atoms with E-state index in [1.165, 1.54) is 0 Å². The van der Waals surface area contributed by atoms with Crippen LogP contribution in [0.1, 0.15) is 74.1 Å². The maximum absolute atomic E-state index is 12.3. The summed E-state index contributed by atoms with van der Waals surface area (Å²) in [7, 11) is 0. The molecule has 0 N–H and O–H groups in total. The summed E-state index contributed by atoms with van der Waals surface area (Å²) in [6.07, 6.45) is 1.54. The summed E-state index contributed by atoms with van der Waals surface area (Å²) in [4.78, 5) is 19.6. The van der Waals surface area contributed by atoms with Crippen molar-refractivity contribution in [3.63, 3.8) is 0 Å². The van der Waals surface area contributed by atoms with Crippen molar-refractivity contribution >= 4 is 40.6 Å². The second-order valence-electron chi connectivity index (χ2n) is 9.28. The van der Waals surface area contributed by atoms with Crippen LogP contribution < -0.4 is 0 Å². The number of benzene rings is 1. The summed E-state index contributed by atoms with van der Waals surface area (Å²) >= 11 is 8.23. The Morgan fingerprint density at radius 2 is 1.77 bits per heavy atom. The average Bonchev–Trinajstić information content (AvgIpc) is 3.10. The fourth-order valence-corrected chi connectivity index (χ4v) is 4.52. The number of fused-ring (bicyclic) bond motifs is 1. The van der Waals surface area contributed by atoms with Gasteiger partial charge in [0.2, 0.25) is 5.89 Å². The second kappa shape index (κ2) is 9.82. The highest BCUT2D eigenvalue weighted by molar-refractivity contribution is 8.00. The molecule has 0 saturated carbocycles. The van der Waals surface area contributed by atoms with E-state index < -0.39 is 5.60 Å². The lowest BCUT2D eigenvalue weighted by atomic mass is 9.97. The maximum Gasteiger partial charge on any atom is 0.410 e. The van der Waals surface area contributed by atoms with Crippen LogP contribution in [0, 0.1) is 0 Å². The summed E-state index contributed by atoms with van der Waals surface area (Å²) < 4.78 is 11.6. The number of likely N-dealkylation sites (tertiary alicyclic amines) is 1. The van der Waals surface area contributed by atoms with Crippen molar-refractivity contribution in [2.45, 2.75) is 89.4 Å². The second-order valence-corrected chi connectivity index (χ2v) is 11.0. The van der Waals surface area contributed by atoms with Crippen molar-refractivity contribution in [1.82, 2.24) is 9.88 Å². The molecular weight excluding hydrogens is 420 g/mol. The number of carbonyl (C=O) groups excluding carboxylic acids is 1. The number of hydrogen-bond acceptors (Lipinski definition) is 5. The molecule has 2 heterocycles. The standard InChI is InChI=1S/C21H29ClN2O3S.C2H6/c1-20(2,3)18-23-15-8-7-14(22)17(16(15)26-18)28-13-9-11-24(12-10-13)19(25)27-21(4,5)6;1-2/h7-8,13H,9-12H2,1-6H3;1-2H3. The minimum absolute atomic E-state index is 0.161. The average molecular weight is 455 g/mol. The molecule has 30 heavy (non-hydrogen) atoms. The molecule has 0 atom stereocenters. The summed E-state index contributed by atoms with van der Waals surface area (Å²) in [5.74, 6) is 0.714. The summed E-state index contributed by atoms with van der Waals surface area (Å²) in [6.45, 7) is 17.3. The molecule has 1 saturated heterocycles. The van der Waals surface area contributed by atoms with E-state index in [2.05, 4.69) is 25.8 Å². The van der Waals surface area contributed by atoms with Crippen molar-refractivity contribution in [3.05, 3.63) is 23.0 Å². The molecule has 168 valence electrons. The first-order chi connectivity index (χ1) is 13.9. The molecule has 0 bridgehead atoms. The van der Waals surface area contributed by atoms with E-state index in [4.69, 9.17) is 20.8 Å². The van der Waals surface area contributed by atoms with Crippen LogP contribution in [-0.2, 0) is 10.2 Å². The number of oxazole rings is 1. The van der Waals surface area contributed by atoms with Gasteiger partial charge >= 0.3 is 6.09 Å². The predicted molar refractivity (Wildman–Crippen MR) is 126 cm³/mol. The van der Waals surface area contributed by atoms with E-state index in [0.29, 0.717) is 29.3 Å². The number of ether oxygens (including phenoxy) is 1. The number of carbonyl (C=O) groups is 1. The van der Waals surface area contributed by atoms with Gasteiger partial charge in [-0.15, -0.1) is 11.8 Å². The van der Waals surface area contributed by atoms with Gasteiger partial charge in [0.25, 0.3) is 0 Å². The van der Waals surface area contributed by atoms with Gasteiger partial charge in [-0.05, 0) is 45.7 Å². The lowest BCUT2D eigenvalue weighted by Gasteiger charge is -2.33. The highest BCUT2D eigenvalue weighted by Gasteiger charge is 2.29. The lowest BCUT2D eigenvalue weighted by Crippen LogP contribution is -2.42. The number of aromatic nitrogens is 1. The van der Waals surface area contributed by atoms with Crippen LogP contribution in [0.3, 0.4) is 0 Å². The zero-order chi connectivity index (χ0) is 22.7. The van der Waals surface area contributed by atoms with E-state index in [9.17, 15) is 4.79 Å². The van der Waals surface area contributed by atoms with Gasteiger partial charge in [0.05, 0.1) is 9.92 Å². The SMILES string of the molecule is CC.CC(C)(C)OC(=O)N1CCC(Sc2c(Cl)ccc3nc(C(C)(C)C)oc23)CC1. The number of halogens is 1. The van der Waals surface area contributed by atoms with E-state index in [1.54, 1.807) is 16.7 Å². The van der Waals surface area contributed by atoms with Crippen molar-refractivity contribution in [1.29, 1.82) is 0 Å². The van der Waals surface area contributed by atoms with E-state index in [1.807, 2.05) is 46.8 Å². The first-order valence-corrected chi connectivity index (χ1v) is 11.9. The molecule has 1 amide bonds. The van der Waals surface area contributed by atoms with Gasteiger partial charge in [-0.1, -0.05) is 46.2 Å². The summed E-state index contributed by atoms with van der Waals surface area (Å²) in [6, 6.07) is 3.79. The zero-order valence-electron chi connectivity index (χ0n) is 19.5. The molecule has 0 unspecified atom stereocenters. The predicted octanol–water partition coefficient (Wildman–Crippen LogP) is 7.30. The summed E-state index contributed by atoms with van der Waals surface area (Å²) in [5.41, 5.74) is 0.967. The zero-order valence-corrected chi connectivity index (χ0v) is 21.0. The Morgan fingerprint density at radius 3 is 2.30 bits per heavy atom. The third kappa shape index (κ3) is 6.30. The van der Waals surface area contributed by atoms with E-state index in [0.717, 1.165) is 28.8 Å². The highest BCUT2D eigenvalue weighted by atomic mass is 35.5.